The van der Waals surface area contributed by atoms with E-state index < -0.39 is 0 Å². The fraction of sp³-hybridized carbons (Fsp3) is 0.419. The Balaban J connectivity index is 1.27. The van der Waals surface area contributed by atoms with E-state index in [0.717, 1.165) is 183 Å². The standard InChI is InChI=1S/C86H102N2O12/c1-9-29-93-79-61-21-17-22-62(79)46-70-42-60-44-72(84(70)96-32-12-4)48-64-24-18-23-63(80(64)94-30-10-2)47-71-43-59(41-69(45-61)83(71)95-31-11-3)57-87-77-53-73-49-65-25-19-27-67(81(65)97-37-33-89-13-5)51-75-55-78(88-58-60)56-76(86(75)100-40-36-92-16-8)52-68-28-20-26-66(82(68)98-38-34-90-14-6)50-74(54-77)85(73)99-39-35-91-15-7/h17-28,41-44,53-58H,9-16,29-40,45-52H2,1-8H3. The van der Waals surface area contributed by atoms with E-state index in [9.17, 15) is 0 Å². The van der Waals surface area contributed by atoms with Crippen molar-refractivity contribution in [1.29, 1.82) is 0 Å². The number of nitrogens with zero attached hydrogens (tertiary/aromatic N) is 2. The lowest BCUT2D eigenvalue weighted by Gasteiger charge is -2.24. The Morgan fingerprint density at radius 1 is 0.230 bits per heavy atom. The Bertz CT molecular complexity index is 3640. The van der Waals surface area contributed by atoms with Crippen LogP contribution in [0, 0.1) is 0 Å². The summed E-state index contributed by atoms with van der Waals surface area (Å²) < 4.78 is 80.2. The van der Waals surface area contributed by atoms with Crippen molar-refractivity contribution in [2.45, 2.75) is 132 Å². The highest BCUT2D eigenvalue weighted by molar-refractivity contribution is 5.85. The van der Waals surface area contributed by atoms with E-state index in [4.69, 9.17) is 66.8 Å². The molecule has 0 unspecified atom stereocenters. The second-order valence-electron chi connectivity index (χ2n) is 25.7. The normalized spacial score (nSPS) is 13.0. The summed E-state index contributed by atoms with van der Waals surface area (Å²) in [6, 6.07) is 43.9. The quantitative estimate of drug-likeness (QED) is 0.0371. The third kappa shape index (κ3) is 18.7. The Hall–Kier alpha value is -8.66. The van der Waals surface area contributed by atoms with E-state index in [-0.39, 0.29) is 0 Å². The predicted octanol–water partition coefficient (Wildman–Crippen LogP) is 17.7. The van der Waals surface area contributed by atoms with Gasteiger partial charge in [-0.1, -0.05) is 100 Å². The number of rotatable bonds is 32. The molecular weight excluding hydrogens is 1250 g/mol. The van der Waals surface area contributed by atoms with Gasteiger partial charge >= 0.3 is 0 Å². The summed E-state index contributed by atoms with van der Waals surface area (Å²) in [5.41, 5.74) is 19.4. The summed E-state index contributed by atoms with van der Waals surface area (Å²) >= 11 is 0. The van der Waals surface area contributed by atoms with E-state index in [1.54, 1.807) is 0 Å². The van der Waals surface area contributed by atoms with Gasteiger partial charge in [0.25, 0.3) is 0 Å². The SMILES string of the molecule is CCCOc1c2cccc1Cc1cc3cc(c1OCCC)Cc1cccc(c1OCCC)Cc1cc(cc(c1OCCC)C2)C=Nc1cc2c(OCCOCC)c(c1)Cc1cccc(c1OCCOCC)Cc1cc(cc(c1OCCOCC)Cc1cccc(c1OCCOCC)C2)N=C3. The number of benzene rings is 8. The maximum absolute atomic E-state index is 7.08. The van der Waals surface area contributed by atoms with Crippen LogP contribution in [0.1, 0.15) is 181 Å². The molecule has 0 saturated heterocycles. The zero-order chi connectivity index (χ0) is 69.4. The predicted molar refractivity (Wildman–Crippen MR) is 400 cm³/mol. The van der Waals surface area contributed by atoms with Crippen molar-refractivity contribution in [2.75, 3.05) is 106 Å². The molecule has 0 aromatic heterocycles. The van der Waals surface area contributed by atoms with E-state index in [1.165, 1.54) is 0 Å². The van der Waals surface area contributed by atoms with Gasteiger partial charge in [0.2, 0.25) is 0 Å². The molecule has 14 heteroatoms. The van der Waals surface area contributed by atoms with Gasteiger partial charge in [-0.3, -0.25) is 9.98 Å². The van der Waals surface area contributed by atoms with Crippen LogP contribution in [0.4, 0.5) is 11.4 Å². The molecule has 4 aliphatic rings. The average molecular weight is 1360 g/mol. The minimum absolute atomic E-state index is 0.332. The van der Waals surface area contributed by atoms with Gasteiger partial charge in [-0.25, -0.2) is 0 Å². The molecule has 0 radical (unpaired) electrons. The maximum Gasteiger partial charge on any atom is 0.126 e. The van der Waals surface area contributed by atoms with Crippen LogP contribution in [0.3, 0.4) is 0 Å². The van der Waals surface area contributed by atoms with Crippen LogP contribution in [0.5, 0.6) is 46.0 Å². The highest BCUT2D eigenvalue weighted by atomic mass is 16.5. The molecule has 0 atom stereocenters. The van der Waals surface area contributed by atoms with Crippen molar-refractivity contribution in [3.8, 4) is 46.0 Å². The van der Waals surface area contributed by atoms with Gasteiger partial charge in [0.15, 0.2) is 0 Å². The van der Waals surface area contributed by atoms with Gasteiger partial charge in [0, 0.05) is 112 Å². The van der Waals surface area contributed by atoms with Crippen molar-refractivity contribution < 1.29 is 56.8 Å². The third-order valence-corrected chi connectivity index (χ3v) is 18.0. The molecule has 0 N–H and O–H groups in total. The number of hydrogen-bond acceptors (Lipinski definition) is 14. The number of aliphatic imine (C=N–C) groups is 2. The first kappa shape index (κ1) is 72.6. The summed E-state index contributed by atoms with van der Waals surface area (Å²) in [5, 5.41) is 0. The molecule has 2 heterocycles. The van der Waals surface area contributed by atoms with E-state index in [1.807, 2.05) is 40.1 Å². The van der Waals surface area contributed by atoms with Crippen molar-refractivity contribution in [1.82, 2.24) is 0 Å². The lowest BCUT2D eigenvalue weighted by atomic mass is 9.89. The molecule has 0 saturated carbocycles. The largest absolute Gasteiger partial charge is 0.493 e. The van der Waals surface area contributed by atoms with Crippen molar-refractivity contribution >= 4 is 23.8 Å². The van der Waals surface area contributed by atoms with Gasteiger partial charge in [0.1, 0.15) is 72.4 Å². The Kier molecular flexibility index (Phi) is 27.0. The van der Waals surface area contributed by atoms with Crippen molar-refractivity contribution in [2.24, 2.45) is 9.98 Å². The molecule has 0 spiro atoms. The fourth-order valence-electron chi connectivity index (χ4n) is 13.7. The summed E-state index contributed by atoms with van der Waals surface area (Å²) in [5.74, 6) is 6.54. The second kappa shape index (κ2) is 37.1. The molecule has 20 bridgehead atoms. The Labute approximate surface area is 593 Å². The van der Waals surface area contributed by atoms with Gasteiger partial charge < -0.3 is 56.8 Å². The zero-order valence-corrected chi connectivity index (χ0v) is 60.3. The molecule has 0 fully saturated rings. The van der Waals surface area contributed by atoms with Crippen LogP contribution < -0.4 is 37.9 Å². The molecule has 8 aromatic rings. The first-order chi connectivity index (χ1) is 49.2. The molecule has 8 aromatic carbocycles. The van der Waals surface area contributed by atoms with Gasteiger partial charge in [-0.15, -0.1) is 0 Å². The Morgan fingerprint density at radius 2 is 0.420 bits per heavy atom. The zero-order valence-electron chi connectivity index (χ0n) is 60.3. The molecule has 12 rings (SSSR count). The lowest BCUT2D eigenvalue weighted by molar-refractivity contribution is 0.108. The maximum atomic E-state index is 7.08. The average Bonchev–Trinajstić information content (AvgIpc) is 0.784. The van der Waals surface area contributed by atoms with Crippen LogP contribution in [0.15, 0.2) is 131 Å². The van der Waals surface area contributed by atoms with Crippen molar-refractivity contribution in [3.63, 3.8) is 0 Å². The van der Waals surface area contributed by atoms with Crippen LogP contribution in [0.25, 0.3) is 0 Å². The second-order valence-corrected chi connectivity index (χ2v) is 25.7. The highest BCUT2D eigenvalue weighted by Crippen LogP contribution is 2.44. The minimum Gasteiger partial charge on any atom is -0.493 e. The third-order valence-electron chi connectivity index (χ3n) is 18.0. The summed E-state index contributed by atoms with van der Waals surface area (Å²) in [6.07, 6.45) is 11.3. The topological polar surface area (TPSA) is 135 Å². The summed E-state index contributed by atoms with van der Waals surface area (Å²) in [7, 11) is 0. The number of ether oxygens (including phenoxy) is 12. The molecule has 14 nitrogen and oxygen atoms in total. The minimum atomic E-state index is 0.332. The fourth-order valence-corrected chi connectivity index (χ4v) is 13.7. The van der Waals surface area contributed by atoms with Gasteiger partial charge in [-0.05, 0) is 180 Å². The van der Waals surface area contributed by atoms with Gasteiger partial charge in [0.05, 0.1) is 64.2 Å². The first-order valence-electron chi connectivity index (χ1n) is 36.7. The molecule has 0 amide bonds. The van der Waals surface area contributed by atoms with E-state index in [0.29, 0.717) is 157 Å². The summed E-state index contributed by atoms with van der Waals surface area (Å²) in [4.78, 5) is 11.1. The van der Waals surface area contributed by atoms with Gasteiger partial charge in [-0.2, -0.15) is 0 Å². The monoisotopic (exact) mass is 1350 g/mol. The van der Waals surface area contributed by atoms with Crippen LogP contribution in [0.2, 0.25) is 0 Å². The van der Waals surface area contributed by atoms with E-state index >= 15 is 0 Å². The smallest absolute Gasteiger partial charge is 0.126 e. The molecule has 528 valence electrons. The van der Waals surface area contributed by atoms with Crippen LogP contribution in [-0.2, 0) is 70.3 Å². The molecule has 2 aliphatic carbocycles. The molecule has 2 aliphatic heterocycles. The van der Waals surface area contributed by atoms with Crippen molar-refractivity contribution in [3.05, 3.63) is 221 Å². The summed E-state index contributed by atoms with van der Waals surface area (Å²) in [6.45, 7) is 24.1. The number of para-hydroxylation sites is 4. The molecule has 100 heavy (non-hydrogen) atoms. The molecular formula is C86H102N2O12. The van der Waals surface area contributed by atoms with E-state index in [2.05, 4.69) is 149 Å². The highest BCUT2D eigenvalue weighted by Gasteiger charge is 2.27. The van der Waals surface area contributed by atoms with Crippen LogP contribution in [-0.4, -0.2) is 118 Å². The van der Waals surface area contributed by atoms with Crippen LogP contribution >= 0.6 is 0 Å². The Morgan fingerprint density at radius 3 is 0.620 bits per heavy atom. The number of hydrogen-bond donors (Lipinski definition) is 0. The first-order valence-corrected chi connectivity index (χ1v) is 36.7. The lowest BCUT2D eigenvalue weighted by Crippen LogP contribution is -2.14.